The number of amides is 1. The Kier molecular flexibility index (Phi) is 5.87. The van der Waals surface area contributed by atoms with Crippen molar-refractivity contribution in [3.8, 4) is 22.4 Å². The van der Waals surface area contributed by atoms with Gasteiger partial charge in [-0.3, -0.25) is 4.79 Å². The lowest BCUT2D eigenvalue weighted by atomic mass is 10.0. The van der Waals surface area contributed by atoms with Gasteiger partial charge in [-0.05, 0) is 42.3 Å². The van der Waals surface area contributed by atoms with Crippen molar-refractivity contribution in [1.82, 2.24) is 19.8 Å². The van der Waals surface area contributed by atoms with E-state index in [1.807, 2.05) is 61.5 Å². The molecular weight excluding hydrogens is 430 g/mol. The van der Waals surface area contributed by atoms with Gasteiger partial charge in [0.1, 0.15) is 0 Å². The minimum absolute atomic E-state index is 0.103. The number of aryl methyl sites for hydroxylation is 1. The summed E-state index contributed by atoms with van der Waals surface area (Å²) < 4.78 is 1.68. The van der Waals surface area contributed by atoms with Crippen LogP contribution in [0.5, 0.6) is 0 Å². The first-order valence-corrected chi connectivity index (χ1v) is 11.5. The van der Waals surface area contributed by atoms with Gasteiger partial charge in [0.15, 0.2) is 5.65 Å². The molecule has 0 fully saturated rings. The molecule has 2 heterocycles. The third kappa shape index (κ3) is 4.78. The fourth-order valence-corrected chi connectivity index (χ4v) is 4.13. The molecule has 0 bridgehead atoms. The number of anilines is 1. The first-order valence-electron chi connectivity index (χ1n) is 10.5. The molecule has 0 saturated carbocycles. The molecule has 3 aromatic carbocycles. The van der Waals surface area contributed by atoms with Crippen LogP contribution in [0.15, 0.2) is 96.2 Å². The number of hydrogen-bond donors (Lipinski definition) is 1. The predicted molar refractivity (Wildman–Crippen MR) is 132 cm³/mol. The Hall–Kier alpha value is -3.97. The van der Waals surface area contributed by atoms with Crippen LogP contribution in [-0.2, 0) is 4.79 Å². The van der Waals surface area contributed by atoms with E-state index in [-0.39, 0.29) is 11.7 Å². The molecule has 0 aliphatic carbocycles. The zero-order valence-corrected chi connectivity index (χ0v) is 18.8. The average Bonchev–Trinajstić information content (AvgIpc) is 3.27. The van der Waals surface area contributed by atoms with Gasteiger partial charge in [-0.2, -0.15) is 9.61 Å². The summed E-state index contributed by atoms with van der Waals surface area (Å²) in [5.41, 5.74) is 6.70. The minimum atomic E-state index is -0.103. The zero-order chi connectivity index (χ0) is 22.6. The van der Waals surface area contributed by atoms with Gasteiger partial charge in [0.05, 0.1) is 11.4 Å². The van der Waals surface area contributed by atoms with Crippen molar-refractivity contribution in [2.45, 2.75) is 12.1 Å². The summed E-state index contributed by atoms with van der Waals surface area (Å²) in [4.78, 5) is 12.4. The topological polar surface area (TPSA) is 72.2 Å². The number of nitrogens with zero attached hydrogens (tertiary/aromatic N) is 4. The molecule has 0 atom stereocenters. The highest BCUT2D eigenvalue weighted by Crippen LogP contribution is 2.25. The second-order valence-electron chi connectivity index (χ2n) is 7.62. The predicted octanol–water partition coefficient (Wildman–Crippen LogP) is 5.50. The third-order valence-corrected chi connectivity index (χ3v) is 6.11. The summed E-state index contributed by atoms with van der Waals surface area (Å²) in [6.07, 6.45) is 0. The maximum Gasteiger partial charge on any atom is 0.234 e. The number of carbonyl (C=O) groups excluding carboxylic acids is 1. The lowest BCUT2D eigenvalue weighted by Gasteiger charge is -2.06. The summed E-state index contributed by atoms with van der Waals surface area (Å²) >= 11 is 1.31. The van der Waals surface area contributed by atoms with Crippen LogP contribution in [0.3, 0.4) is 0 Å². The van der Waals surface area contributed by atoms with Crippen molar-refractivity contribution in [1.29, 1.82) is 0 Å². The van der Waals surface area contributed by atoms with Gasteiger partial charge >= 0.3 is 0 Å². The van der Waals surface area contributed by atoms with Gasteiger partial charge in [-0.1, -0.05) is 84.1 Å². The van der Waals surface area contributed by atoms with Crippen LogP contribution < -0.4 is 5.32 Å². The van der Waals surface area contributed by atoms with E-state index in [0.29, 0.717) is 10.8 Å². The molecule has 0 spiro atoms. The number of fused-ring (bicyclic) bond motifs is 1. The molecule has 2 aromatic heterocycles. The molecule has 33 heavy (non-hydrogen) atoms. The van der Waals surface area contributed by atoms with Crippen LogP contribution >= 0.6 is 11.8 Å². The second kappa shape index (κ2) is 9.26. The Morgan fingerprint density at radius 1 is 0.818 bits per heavy atom. The van der Waals surface area contributed by atoms with Crippen LogP contribution in [0.2, 0.25) is 0 Å². The van der Waals surface area contributed by atoms with Gasteiger partial charge in [-0.15, -0.1) is 10.2 Å². The smallest absolute Gasteiger partial charge is 0.234 e. The van der Waals surface area contributed by atoms with Crippen LogP contribution in [0.4, 0.5) is 5.69 Å². The standard InChI is InChI=1S/C26H21N5OS/c1-18-7-13-22(14-8-18)27-25(32)17-33-26-29-28-24-16-15-23(30-31(24)26)21-11-9-20(10-12-21)19-5-3-2-4-6-19/h2-16H,17H2,1H3,(H,27,32). The van der Waals surface area contributed by atoms with Crippen molar-refractivity contribution < 1.29 is 4.79 Å². The Balaban J connectivity index is 1.31. The molecule has 1 N–H and O–H groups in total. The van der Waals surface area contributed by atoms with Gasteiger partial charge in [-0.25, -0.2) is 0 Å². The Bertz CT molecular complexity index is 1400. The lowest BCUT2D eigenvalue weighted by Crippen LogP contribution is -2.14. The van der Waals surface area contributed by atoms with Gasteiger partial charge < -0.3 is 5.32 Å². The van der Waals surface area contributed by atoms with Crippen molar-refractivity contribution in [2.75, 3.05) is 11.1 Å². The maximum absolute atomic E-state index is 12.4. The maximum atomic E-state index is 12.4. The molecule has 0 unspecified atom stereocenters. The van der Waals surface area contributed by atoms with E-state index < -0.39 is 0 Å². The lowest BCUT2D eigenvalue weighted by molar-refractivity contribution is -0.113. The number of nitrogens with one attached hydrogen (secondary N) is 1. The first kappa shape index (κ1) is 20.9. The summed E-state index contributed by atoms with van der Waals surface area (Å²) in [6, 6.07) is 30.1. The second-order valence-corrected chi connectivity index (χ2v) is 8.56. The molecule has 162 valence electrons. The number of hydrogen-bond acceptors (Lipinski definition) is 5. The van der Waals surface area contributed by atoms with E-state index in [1.54, 1.807) is 4.52 Å². The van der Waals surface area contributed by atoms with Crippen molar-refractivity contribution in [3.05, 3.63) is 96.6 Å². The fraction of sp³-hybridized carbons (Fsp3) is 0.0769. The number of carbonyl (C=O) groups is 1. The largest absolute Gasteiger partial charge is 0.325 e. The highest BCUT2D eigenvalue weighted by molar-refractivity contribution is 7.99. The Morgan fingerprint density at radius 2 is 1.52 bits per heavy atom. The van der Waals surface area contributed by atoms with Crippen molar-refractivity contribution >= 4 is 29.0 Å². The molecule has 6 nitrogen and oxygen atoms in total. The van der Waals surface area contributed by atoms with Gasteiger partial charge in [0.2, 0.25) is 11.1 Å². The van der Waals surface area contributed by atoms with E-state index >= 15 is 0 Å². The number of aromatic nitrogens is 4. The molecule has 5 rings (SSSR count). The van der Waals surface area contributed by atoms with E-state index in [2.05, 4.69) is 51.9 Å². The van der Waals surface area contributed by atoms with Gasteiger partial charge in [0, 0.05) is 11.3 Å². The molecule has 0 aliphatic rings. The monoisotopic (exact) mass is 451 g/mol. The quantitative estimate of drug-likeness (QED) is 0.345. The molecule has 0 saturated heterocycles. The summed E-state index contributed by atoms with van der Waals surface area (Å²) in [5, 5.41) is 16.6. The SMILES string of the molecule is Cc1ccc(NC(=O)CSc2nnc3ccc(-c4ccc(-c5ccccc5)cc4)nn23)cc1. The van der Waals surface area contributed by atoms with Crippen LogP contribution in [0.1, 0.15) is 5.56 Å². The summed E-state index contributed by atoms with van der Waals surface area (Å²) in [6.45, 7) is 2.01. The van der Waals surface area contributed by atoms with E-state index in [0.717, 1.165) is 28.1 Å². The number of benzene rings is 3. The summed E-state index contributed by atoms with van der Waals surface area (Å²) in [7, 11) is 0. The van der Waals surface area contributed by atoms with E-state index in [9.17, 15) is 4.79 Å². The van der Waals surface area contributed by atoms with Crippen LogP contribution in [0, 0.1) is 6.92 Å². The van der Waals surface area contributed by atoms with E-state index in [1.165, 1.54) is 17.3 Å². The third-order valence-electron chi connectivity index (χ3n) is 5.19. The molecule has 1 amide bonds. The highest BCUT2D eigenvalue weighted by Gasteiger charge is 2.12. The Morgan fingerprint density at radius 3 is 2.27 bits per heavy atom. The zero-order valence-electron chi connectivity index (χ0n) is 18.0. The van der Waals surface area contributed by atoms with Gasteiger partial charge in [0.25, 0.3) is 0 Å². The van der Waals surface area contributed by atoms with E-state index in [4.69, 9.17) is 5.10 Å². The van der Waals surface area contributed by atoms with Crippen LogP contribution in [-0.4, -0.2) is 31.5 Å². The molecular formula is C26H21N5OS. The normalized spacial score (nSPS) is 10.9. The summed E-state index contributed by atoms with van der Waals surface area (Å²) in [5.74, 6) is 0.111. The van der Waals surface area contributed by atoms with Crippen molar-refractivity contribution in [3.63, 3.8) is 0 Å². The van der Waals surface area contributed by atoms with Crippen molar-refractivity contribution in [2.24, 2.45) is 0 Å². The molecule has 0 aliphatic heterocycles. The molecule has 0 radical (unpaired) electrons. The molecule has 7 heteroatoms. The first-order chi connectivity index (χ1) is 16.2. The fourth-order valence-electron chi connectivity index (χ4n) is 3.44. The minimum Gasteiger partial charge on any atom is -0.325 e. The Labute approximate surface area is 195 Å². The average molecular weight is 452 g/mol. The highest BCUT2D eigenvalue weighted by atomic mass is 32.2. The molecule has 5 aromatic rings. The number of thioether (sulfide) groups is 1. The number of rotatable bonds is 6. The van der Waals surface area contributed by atoms with Crippen LogP contribution in [0.25, 0.3) is 28.0 Å².